The summed E-state index contributed by atoms with van der Waals surface area (Å²) in [6.45, 7) is 0. The van der Waals surface area contributed by atoms with Crippen LogP contribution in [0.1, 0.15) is 20.0 Å². The lowest BCUT2D eigenvalue weighted by Crippen LogP contribution is -1.99. The highest BCUT2D eigenvalue weighted by atomic mass is 79.9. The molecule has 35 heavy (non-hydrogen) atoms. The number of carbonyl (C=O) groups is 3. The second-order valence-corrected chi connectivity index (χ2v) is 8.04. The zero-order valence-electron chi connectivity index (χ0n) is 19.4. The fourth-order valence-corrected chi connectivity index (χ4v) is 3.59. The van der Waals surface area contributed by atoms with E-state index in [2.05, 4.69) is 43.3 Å². The van der Waals surface area contributed by atoms with Crippen LogP contribution >= 0.6 is 39.9 Å². The van der Waals surface area contributed by atoms with Crippen molar-refractivity contribution >= 4 is 68.3 Å². The molecule has 3 heterocycles. The molecule has 3 rings (SSSR count). The molecule has 0 radical (unpaired) electrons. The number of pyridine rings is 2. The molecule has 0 atom stereocenters. The van der Waals surface area contributed by atoms with Crippen LogP contribution in [0.25, 0.3) is 10.2 Å². The molecule has 0 aliphatic carbocycles. The SMILES string of the molecule is COC(=O)CS.COc1cc(C=O)c(Br)nc1OC.COc1cc2cc(C(=O)O)sc2nc1OC. The maximum absolute atomic E-state index is 10.8. The number of hydrogen-bond acceptors (Lipinski definition) is 12. The van der Waals surface area contributed by atoms with E-state index in [0.717, 1.165) is 16.7 Å². The third-order valence-electron chi connectivity index (χ3n) is 3.90. The lowest BCUT2D eigenvalue weighted by molar-refractivity contribution is -0.137. The van der Waals surface area contributed by atoms with Gasteiger partial charge in [0.15, 0.2) is 17.8 Å². The van der Waals surface area contributed by atoms with Gasteiger partial charge in [0.05, 0.1) is 46.9 Å². The van der Waals surface area contributed by atoms with Crippen LogP contribution in [0.5, 0.6) is 23.3 Å². The second kappa shape index (κ2) is 15.0. The number of methoxy groups -OCH3 is 5. The Bertz CT molecular complexity index is 1120. The van der Waals surface area contributed by atoms with Crippen LogP contribution in [0.4, 0.5) is 0 Å². The molecule has 0 spiro atoms. The lowest BCUT2D eigenvalue weighted by Gasteiger charge is -2.07. The standard InChI is InChI=1S/C10H9NO4S.C8H8BrNO3.C3H6O2S/c1-14-6-3-5-4-7(10(12)13)16-9(5)11-8(6)15-2;1-12-6-3-5(4-11)7(9)10-8(6)13-2;1-5-3(4)2-6/h3-4H,1-2H3,(H,12,13);3-4H,1-2H3;6H,2H2,1H3. The van der Waals surface area contributed by atoms with Gasteiger partial charge in [0.2, 0.25) is 0 Å². The van der Waals surface area contributed by atoms with Crippen molar-refractivity contribution in [2.24, 2.45) is 0 Å². The molecule has 190 valence electrons. The Kier molecular flexibility index (Phi) is 12.8. The molecule has 0 aromatic carbocycles. The molecule has 3 aromatic rings. The molecule has 1 N–H and O–H groups in total. The summed E-state index contributed by atoms with van der Waals surface area (Å²) < 4.78 is 24.7. The van der Waals surface area contributed by atoms with Crippen molar-refractivity contribution in [1.29, 1.82) is 0 Å². The molecule has 0 saturated heterocycles. The third kappa shape index (κ3) is 8.56. The molecule has 0 saturated carbocycles. The van der Waals surface area contributed by atoms with Gasteiger partial charge >= 0.3 is 11.9 Å². The van der Waals surface area contributed by atoms with Crippen LogP contribution in [-0.4, -0.2) is 74.6 Å². The van der Waals surface area contributed by atoms with Gasteiger partial charge < -0.3 is 28.8 Å². The number of halogens is 1. The molecule has 11 nitrogen and oxygen atoms in total. The second-order valence-electron chi connectivity index (χ2n) is 5.94. The molecule has 0 fully saturated rings. The number of aldehydes is 1. The number of carbonyl (C=O) groups excluding carboxylic acids is 2. The fraction of sp³-hybridized carbons (Fsp3) is 0.286. The monoisotopic (exact) mass is 590 g/mol. The minimum Gasteiger partial charge on any atom is -0.491 e. The van der Waals surface area contributed by atoms with E-state index in [0.29, 0.717) is 44.5 Å². The minimum atomic E-state index is -0.957. The van der Waals surface area contributed by atoms with Gasteiger partial charge in [-0.1, -0.05) is 0 Å². The Morgan fingerprint density at radius 2 is 1.57 bits per heavy atom. The van der Waals surface area contributed by atoms with Crippen LogP contribution in [0.3, 0.4) is 0 Å². The molecular formula is C21H23BrN2O9S2. The summed E-state index contributed by atoms with van der Waals surface area (Å²) in [7, 11) is 7.30. The highest BCUT2D eigenvalue weighted by molar-refractivity contribution is 9.10. The van der Waals surface area contributed by atoms with Gasteiger partial charge in [-0.15, -0.1) is 11.3 Å². The van der Waals surface area contributed by atoms with E-state index in [4.69, 9.17) is 24.1 Å². The van der Waals surface area contributed by atoms with E-state index in [1.165, 1.54) is 35.5 Å². The van der Waals surface area contributed by atoms with Gasteiger partial charge in [0, 0.05) is 5.39 Å². The third-order valence-corrected chi connectivity index (χ3v) is 5.82. The van der Waals surface area contributed by atoms with Crippen LogP contribution in [0.2, 0.25) is 0 Å². The predicted molar refractivity (Wildman–Crippen MR) is 136 cm³/mol. The Balaban J connectivity index is 0.000000290. The lowest BCUT2D eigenvalue weighted by atomic mass is 10.3. The molecule has 14 heteroatoms. The summed E-state index contributed by atoms with van der Waals surface area (Å²) in [5, 5.41) is 9.60. The first-order chi connectivity index (χ1) is 16.7. The Hall–Kier alpha value is -3.10. The van der Waals surface area contributed by atoms with E-state index >= 15 is 0 Å². The van der Waals surface area contributed by atoms with E-state index in [-0.39, 0.29) is 16.6 Å². The summed E-state index contributed by atoms with van der Waals surface area (Å²) in [5.41, 5.74) is 0.428. The fourth-order valence-electron chi connectivity index (χ4n) is 2.25. The van der Waals surface area contributed by atoms with Gasteiger partial charge in [-0.25, -0.2) is 9.78 Å². The zero-order chi connectivity index (χ0) is 26.5. The number of aromatic carboxylic acids is 1. The maximum Gasteiger partial charge on any atom is 0.345 e. The summed E-state index contributed by atoms with van der Waals surface area (Å²) in [6, 6.07) is 4.84. The maximum atomic E-state index is 10.8. The van der Waals surface area contributed by atoms with Crippen LogP contribution in [-0.2, 0) is 9.53 Å². The molecule has 0 amide bonds. The smallest absolute Gasteiger partial charge is 0.345 e. The van der Waals surface area contributed by atoms with E-state index in [1.807, 2.05) is 0 Å². The van der Waals surface area contributed by atoms with E-state index in [1.54, 1.807) is 18.2 Å². The highest BCUT2D eigenvalue weighted by Crippen LogP contribution is 2.33. The van der Waals surface area contributed by atoms with Gasteiger partial charge in [0.25, 0.3) is 11.8 Å². The number of nitrogens with zero attached hydrogens (tertiary/aromatic N) is 2. The van der Waals surface area contributed by atoms with Crippen molar-refractivity contribution in [3.8, 4) is 23.3 Å². The number of thiophene rings is 1. The average molecular weight is 591 g/mol. The van der Waals surface area contributed by atoms with Crippen molar-refractivity contribution in [2.75, 3.05) is 41.3 Å². The number of ether oxygens (including phenoxy) is 5. The number of carboxylic acids is 1. The van der Waals surface area contributed by atoms with Gasteiger partial charge in [-0.2, -0.15) is 17.6 Å². The number of thiol groups is 1. The summed E-state index contributed by atoms with van der Waals surface area (Å²) in [4.78, 5) is 40.2. The van der Waals surface area contributed by atoms with Gasteiger partial charge in [-0.3, -0.25) is 9.59 Å². The van der Waals surface area contributed by atoms with E-state index < -0.39 is 5.97 Å². The zero-order valence-corrected chi connectivity index (χ0v) is 22.7. The topological polar surface area (TPSA) is 143 Å². The van der Waals surface area contributed by atoms with Crippen molar-refractivity contribution < 1.29 is 43.2 Å². The molecule has 0 aliphatic heterocycles. The quantitative estimate of drug-likeness (QED) is 0.179. The molecule has 0 bridgehead atoms. The molecule has 0 unspecified atom stereocenters. The molecule has 3 aromatic heterocycles. The van der Waals surface area contributed by atoms with Crippen molar-refractivity contribution in [1.82, 2.24) is 9.97 Å². The van der Waals surface area contributed by atoms with Crippen molar-refractivity contribution in [3.63, 3.8) is 0 Å². The van der Waals surface area contributed by atoms with E-state index in [9.17, 15) is 14.4 Å². The van der Waals surface area contributed by atoms with Gasteiger partial charge in [0.1, 0.15) is 14.3 Å². The predicted octanol–water partition coefficient (Wildman–Crippen LogP) is 3.77. The normalized spacial score (nSPS) is 9.57. The van der Waals surface area contributed by atoms with Crippen molar-refractivity contribution in [2.45, 2.75) is 0 Å². The average Bonchev–Trinajstić information content (AvgIpc) is 3.31. The number of hydrogen-bond donors (Lipinski definition) is 2. The Morgan fingerprint density at radius 3 is 2.00 bits per heavy atom. The molecular weight excluding hydrogens is 568 g/mol. The Labute approximate surface area is 218 Å². The summed E-state index contributed by atoms with van der Waals surface area (Å²) >= 11 is 7.86. The van der Waals surface area contributed by atoms with Crippen LogP contribution < -0.4 is 18.9 Å². The molecule has 0 aliphatic rings. The Morgan fingerprint density at radius 1 is 1.00 bits per heavy atom. The summed E-state index contributed by atoms with van der Waals surface area (Å²) in [5.74, 6) is 0.543. The first-order valence-corrected chi connectivity index (χ1v) is 11.6. The van der Waals surface area contributed by atoms with Crippen molar-refractivity contribution in [3.05, 3.63) is 33.2 Å². The van der Waals surface area contributed by atoms with Crippen LogP contribution in [0, 0.1) is 0 Å². The number of fused-ring (bicyclic) bond motifs is 1. The first kappa shape index (κ1) is 29.9. The largest absolute Gasteiger partial charge is 0.491 e. The van der Waals surface area contributed by atoms with Crippen LogP contribution in [0.15, 0.2) is 22.8 Å². The number of esters is 1. The highest BCUT2D eigenvalue weighted by Gasteiger charge is 2.14. The minimum absolute atomic E-state index is 0.163. The van der Waals surface area contributed by atoms with Gasteiger partial charge in [-0.05, 0) is 34.1 Å². The number of carboxylic acid groups (broad SMARTS) is 1. The summed E-state index contributed by atoms with van der Waals surface area (Å²) in [6.07, 6.45) is 0.693. The first-order valence-electron chi connectivity index (χ1n) is 9.36. The number of aromatic nitrogens is 2. The number of rotatable bonds is 7.